The first-order chi connectivity index (χ1) is 13.4. The highest BCUT2D eigenvalue weighted by Gasteiger charge is 2.41. The van der Waals surface area contributed by atoms with E-state index in [-0.39, 0.29) is 5.65 Å². The summed E-state index contributed by atoms with van der Waals surface area (Å²) in [5.74, 6) is -0.536. The molecule has 2 aromatic heterocycles. The van der Waals surface area contributed by atoms with Gasteiger partial charge in [-0.1, -0.05) is 0 Å². The van der Waals surface area contributed by atoms with E-state index in [4.69, 9.17) is 0 Å². The lowest BCUT2D eigenvalue weighted by Crippen LogP contribution is -2.55. The van der Waals surface area contributed by atoms with Crippen molar-refractivity contribution in [1.82, 2.24) is 29.6 Å². The van der Waals surface area contributed by atoms with E-state index in [1.54, 1.807) is 12.1 Å². The molecule has 152 valence electrons. The summed E-state index contributed by atoms with van der Waals surface area (Å²) in [5.41, 5.74) is 0.108. The van der Waals surface area contributed by atoms with Crippen molar-refractivity contribution in [3.8, 4) is 0 Å². The quantitative estimate of drug-likeness (QED) is 0.774. The van der Waals surface area contributed by atoms with Crippen LogP contribution in [0.3, 0.4) is 0 Å². The molecule has 0 amide bonds. The number of piperazine rings is 1. The summed E-state index contributed by atoms with van der Waals surface area (Å²) >= 11 is 0. The van der Waals surface area contributed by atoms with Crippen molar-refractivity contribution in [2.24, 2.45) is 0 Å². The molecular weight excluding hydrogens is 371 g/mol. The van der Waals surface area contributed by atoms with Crippen LogP contribution in [0.1, 0.15) is 31.5 Å². The molecule has 10 heteroatoms. The minimum atomic E-state index is -4.57. The van der Waals surface area contributed by atoms with Crippen LogP contribution in [0.15, 0.2) is 12.1 Å². The summed E-state index contributed by atoms with van der Waals surface area (Å²) in [5, 5.41) is 11.0. The number of alkyl halides is 3. The zero-order valence-corrected chi connectivity index (χ0v) is 15.8. The molecule has 5 rings (SSSR count). The Kier molecular flexibility index (Phi) is 4.24. The van der Waals surface area contributed by atoms with Gasteiger partial charge in [0, 0.05) is 44.3 Å². The average molecular weight is 395 g/mol. The van der Waals surface area contributed by atoms with Crippen molar-refractivity contribution in [2.75, 3.05) is 38.1 Å². The molecule has 0 N–H and O–H groups in total. The molecule has 5 heterocycles. The van der Waals surface area contributed by atoms with Gasteiger partial charge in [-0.05, 0) is 44.9 Å². The SMILES string of the molecule is CN1[C@H]2CC[C@H]1CC(N1CCN(c3ccc4nnc(C(F)(F)F)n4n3)CC1)C2. The standard InChI is InChI=1S/C18H24F3N7/c1-25-12-2-3-13(25)11-14(10-12)26-6-8-27(9-7-26)16-5-4-15-22-23-17(18(19,20)21)28(15)24-16/h4-5,12-14H,2-3,6-11H2,1H3/t12-,13-/m0/s1. The van der Waals surface area contributed by atoms with Gasteiger partial charge in [0.1, 0.15) is 5.82 Å². The molecule has 0 aromatic carbocycles. The van der Waals surface area contributed by atoms with Crippen LogP contribution in [0.4, 0.5) is 19.0 Å². The Hall–Kier alpha value is -1.94. The number of fused-ring (bicyclic) bond motifs is 3. The molecule has 0 radical (unpaired) electrons. The fourth-order valence-corrected chi connectivity index (χ4v) is 5.12. The van der Waals surface area contributed by atoms with E-state index in [0.717, 1.165) is 30.7 Å². The molecular formula is C18H24F3N7. The van der Waals surface area contributed by atoms with E-state index in [1.807, 2.05) is 0 Å². The molecule has 3 fully saturated rings. The molecule has 2 atom stereocenters. The van der Waals surface area contributed by atoms with Gasteiger partial charge in [-0.25, -0.2) is 0 Å². The van der Waals surface area contributed by atoms with Crippen LogP contribution >= 0.6 is 0 Å². The molecule has 2 aromatic rings. The second-order valence-electron chi connectivity index (χ2n) is 8.18. The third kappa shape index (κ3) is 3.02. The summed E-state index contributed by atoms with van der Waals surface area (Å²) in [6, 6.07) is 5.32. The fraction of sp³-hybridized carbons (Fsp3) is 0.722. The number of hydrogen-bond donors (Lipinski definition) is 0. The maximum atomic E-state index is 13.1. The summed E-state index contributed by atoms with van der Waals surface area (Å²) < 4.78 is 40.1. The minimum absolute atomic E-state index is 0.108. The lowest BCUT2D eigenvalue weighted by molar-refractivity contribution is -0.146. The monoisotopic (exact) mass is 395 g/mol. The van der Waals surface area contributed by atoms with Crippen molar-refractivity contribution in [1.29, 1.82) is 0 Å². The number of anilines is 1. The van der Waals surface area contributed by atoms with Crippen molar-refractivity contribution < 1.29 is 13.2 Å². The fourth-order valence-electron chi connectivity index (χ4n) is 5.12. The van der Waals surface area contributed by atoms with Gasteiger partial charge in [-0.3, -0.25) is 4.90 Å². The number of aromatic nitrogens is 4. The Morgan fingerprint density at radius 3 is 2.25 bits per heavy atom. The Balaban J connectivity index is 1.28. The summed E-state index contributed by atoms with van der Waals surface area (Å²) in [6.07, 6.45) is 0.501. The van der Waals surface area contributed by atoms with Crippen molar-refractivity contribution in [3.05, 3.63) is 18.0 Å². The van der Waals surface area contributed by atoms with Gasteiger partial charge in [0.15, 0.2) is 5.65 Å². The third-order valence-electron chi connectivity index (χ3n) is 6.73. The molecule has 0 spiro atoms. The normalized spacial score (nSPS) is 29.7. The van der Waals surface area contributed by atoms with E-state index in [0.29, 0.717) is 23.9 Å². The Bertz CT molecular complexity index is 844. The molecule has 28 heavy (non-hydrogen) atoms. The van der Waals surface area contributed by atoms with E-state index in [2.05, 4.69) is 37.0 Å². The van der Waals surface area contributed by atoms with Gasteiger partial charge in [0.25, 0.3) is 5.82 Å². The van der Waals surface area contributed by atoms with E-state index >= 15 is 0 Å². The van der Waals surface area contributed by atoms with Gasteiger partial charge in [0.2, 0.25) is 0 Å². The molecule has 3 aliphatic rings. The maximum absolute atomic E-state index is 13.1. The molecule has 0 saturated carbocycles. The average Bonchev–Trinajstić information content (AvgIpc) is 3.17. The van der Waals surface area contributed by atoms with Crippen LogP contribution < -0.4 is 4.90 Å². The lowest BCUT2D eigenvalue weighted by Gasteiger charge is -2.45. The zero-order chi connectivity index (χ0) is 19.5. The first-order valence-electron chi connectivity index (χ1n) is 9.91. The van der Waals surface area contributed by atoms with Gasteiger partial charge < -0.3 is 9.80 Å². The van der Waals surface area contributed by atoms with Crippen molar-refractivity contribution in [3.63, 3.8) is 0 Å². The smallest absolute Gasteiger partial charge is 0.353 e. The Morgan fingerprint density at radius 1 is 0.929 bits per heavy atom. The third-order valence-corrected chi connectivity index (χ3v) is 6.73. The zero-order valence-electron chi connectivity index (χ0n) is 15.8. The number of piperidine rings is 1. The van der Waals surface area contributed by atoms with Crippen LogP contribution in [0.2, 0.25) is 0 Å². The van der Waals surface area contributed by atoms with Crippen LogP contribution in [0.25, 0.3) is 5.65 Å². The van der Waals surface area contributed by atoms with E-state index in [1.165, 1.54) is 25.7 Å². The van der Waals surface area contributed by atoms with Crippen LogP contribution in [0.5, 0.6) is 0 Å². The molecule has 7 nitrogen and oxygen atoms in total. The highest BCUT2D eigenvalue weighted by atomic mass is 19.4. The molecule has 0 unspecified atom stereocenters. The number of rotatable bonds is 2. The van der Waals surface area contributed by atoms with Crippen LogP contribution in [-0.2, 0) is 6.18 Å². The molecule has 0 aliphatic carbocycles. The molecule has 3 aliphatic heterocycles. The number of nitrogens with zero attached hydrogens (tertiary/aromatic N) is 7. The van der Waals surface area contributed by atoms with Crippen LogP contribution in [-0.4, -0.2) is 81.0 Å². The summed E-state index contributed by atoms with van der Waals surface area (Å²) in [4.78, 5) is 7.16. The first-order valence-corrected chi connectivity index (χ1v) is 9.91. The summed E-state index contributed by atoms with van der Waals surface area (Å²) in [6.45, 7) is 3.37. The molecule has 3 saturated heterocycles. The Labute approximate surface area is 161 Å². The van der Waals surface area contributed by atoms with Crippen LogP contribution in [0, 0.1) is 0 Å². The number of hydrogen-bond acceptors (Lipinski definition) is 6. The summed E-state index contributed by atoms with van der Waals surface area (Å²) in [7, 11) is 2.25. The largest absolute Gasteiger partial charge is 0.453 e. The van der Waals surface area contributed by atoms with E-state index < -0.39 is 12.0 Å². The predicted molar refractivity (Wildman–Crippen MR) is 97.2 cm³/mol. The number of halogens is 3. The predicted octanol–water partition coefficient (Wildman–Crippen LogP) is 1.89. The topological polar surface area (TPSA) is 52.8 Å². The van der Waals surface area contributed by atoms with Crippen molar-refractivity contribution >= 4 is 11.5 Å². The van der Waals surface area contributed by atoms with Gasteiger partial charge in [-0.2, -0.15) is 17.7 Å². The minimum Gasteiger partial charge on any atom is -0.353 e. The van der Waals surface area contributed by atoms with E-state index in [9.17, 15) is 13.2 Å². The second-order valence-corrected chi connectivity index (χ2v) is 8.18. The van der Waals surface area contributed by atoms with Gasteiger partial charge >= 0.3 is 6.18 Å². The van der Waals surface area contributed by atoms with Gasteiger partial charge in [0.05, 0.1) is 0 Å². The Morgan fingerprint density at radius 2 is 1.61 bits per heavy atom. The maximum Gasteiger partial charge on any atom is 0.453 e. The second kappa shape index (κ2) is 6.55. The van der Waals surface area contributed by atoms with Gasteiger partial charge in [-0.15, -0.1) is 15.3 Å². The first kappa shape index (κ1) is 18.1. The highest BCUT2D eigenvalue weighted by Crippen LogP contribution is 2.36. The molecule has 2 bridgehead atoms. The highest BCUT2D eigenvalue weighted by molar-refractivity contribution is 5.46. The van der Waals surface area contributed by atoms with Crippen molar-refractivity contribution in [2.45, 2.75) is 50.0 Å². The lowest BCUT2D eigenvalue weighted by atomic mass is 9.96.